The average molecular weight is 172 g/mol. The van der Waals surface area contributed by atoms with Gasteiger partial charge in [-0.2, -0.15) is 5.26 Å². The summed E-state index contributed by atoms with van der Waals surface area (Å²) in [5.74, 6) is 0. The molecule has 0 saturated heterocycles. The predicted molar refractivity (Wildman–Crippen MR) is 52.9 cm³/mol. The molecule has 0 saturated carbocycles. The van der Waals surface area contributed by atoms with Crippen LogP contribution in [0.3, 0.4) is 0 Å². The third-order valence-corrected chi connectivity index (χ3v) is 1.94. The Morgan fingerprint density at radius 3 is 2.85 bits per heavy atom. The molecule has 13 heavy (non-hydrogen) atoms. The molecule has 0 amide bonds. The van der Waals surface area contributed by atoms with Gasteiger partial charge in [-0.05, 0) is 11.1 Å². The van der Waals surface area contributed by atoms with E-state index in [0.717, 1.165) is 11.1 Å². The van der Waals surface area contributed by atoms with Crippen LogP contribution in [-0.2, 0) is 6.42 Å². The first-order valence-electron chi connectivity index (χ1n) is 4.12. The third kappa shape index (κ3) is 2.17. The van der Waals surface area contributed by atoms with Gasteiger partial charge in [0, 0.05) is 6.04 Å². The third-order valence-electron chi connectivity index (χ3n) is 1.94. The number of nitrogens with zero attached hydrogens (tertiary/aromatic N) is 1. The number of nitrogens with two attached hydrogens (primary N) is 1. The minimum absolute atomic E-state index is 0.176. The summed E-state index contributed by atoms with van der Waals surface area (Å²) in [6, 6.07) is 9.61. The van der Waals surface area contributed by atoms with Crippen molar-refractivity contribution in [1.82, 2.24) is 0 Å². The van der Waals surface area contributed by atoms with Crippen molar-refractivity contribution in [3.8, 4) is 6.07 Å². The molecular weight excluding hydrogens is 160 g/mol. The highest BCUT2D eigenvalue weighted by atomic mass is 14.6. The van der Waals surface area contributed by atoms with Crippen LogP contribution in [0.2, 0.25) is 0 Å². The van der Waals surface area contributed by atoms with E-state index in [0.29, 0.717) is 6.42 Å². The van der Waals surface area contributed by atoms with Crippen LogP contribution in [0.5, 0.6) is 0 Å². The van der Waals surface area contributed by atoms with E-state index in [1.54, 1.807) is 6.08 Å². The van der Waals surface area contributed by atoms with Crippen LogP contribution in [0.4, 0.5) is 0 Å². The minimum Gasteiger partial charge on any atom is -0.321 e. The SMILES string of the molecule is C=CC(N)c1ccccc1CC#N. The lowest BCUT2D eigenvalue weighted by molar-refractivity contribution is 0.895. The molecular formula is C11H12N2. The number of benzene rings is 1. The molecule has 0 heterocycles. The first kappa shape index (κ1) is 9.50. The first-order valence-corrected chi connectivity index (χ1v) is 4.12. The number of rotatable bonds is 3. The van der Waals surface area contributed by atoms with Gasteiger partial charge in [0.25, 0.3) is 0 Å². The van der Waals surface area contributed by atoms with E-state index in [1.807, 2.05) is 24.3 Å². The highest BCUT2D eigenvalue weighted by Crippen LogP contribution is 2.16. The minimum atomic E-state index is -0.176. The molecule has 1 aromatic rings. The molecule has 0 aromatic heterocycles. The normalized spacial score (nSPS) is 11.7. The van der Waals surface area contributed by atoms with Crippen molar-refractivity contribution in [3.63, 3.8) is 0 Å². The Labute approximate surface area is 78.3 Å². The summed E-state index contributed by atoms with van der Waals surface area (Å²) in [5.41, 5.74) is 7.77. The van der Waals surface area contributed by atoms with Crippen molar-refractivity contribution in [2.75, 3.05) is 0 Å². The fourth-order valence-electron chi connectivity index (χ4n) is 1.23. The van der Waals surface area contributed by atoms with Crippen LogP contribution in [0.1, 0.15) is 17.2 Å². The fraction of sp³-hybridized carbons (Fsp3) is 0.182. The molecule has 0 radical (unpaired) electrons. The van der Waals surface area contributed by atoms with E-state index < -0.39 is 0 Å². The van der Waals surface area contributed by atoms with Gasteiger partial charge in [-0.15, -0.1) is 6.58 Å². The van der Waals surface area contributed by atoms with Gasteiger partial charge in [0.15, 0.2) is 0 Å². The van der Waals surface area contributed by atoms with Crippen molar-refractivity contribution in [1.29, 1.82) is 5.26 Å². The Morgan fingerprint density at radius 2 is 2.23 bits per heavy atom. The van der Waals surface area contributed by atoms with Gasteiger partial charge in [-0.25, -0.2) is 0 Å². The molecule has 1 aromatic carbocycles. The molecule has 2 nitrogen and oxygen atoms in total. The van der Waals surface area contributed by atoms with Crippen LogP contribution in [-0.4, -0.2) is 0 Å². The Bertz CT molecular complexity index is 336. The molecule has 0 spiro atoms. The summed E-state index contributed by atoms with van der Waals surface area (Å²) in [6.45, 7) is 3.63. The quantitative estimate of drug-likeness (QED) is 0.708. The van der Waals surface area contributed by atoms with Gasteiger partial charge >= 0.3 is 0 Å². The van der Waals surface area contributed by atoms with Gasteiger partial charge in [-0.1, -0.05) is 30.3 Å². The van der Waals surface area contributed by atoms with E-state index in [2.05, 4.69) is 12.6 Å². The van der Waals surface area contributed by atoms with E-state index >= 15 is 0 Å². The summed E-state index contributed by atoms with van der Waals surface area (Å²) in [6.07, 6.45) is 2.08. The van der Waals surface area contributed by atoms with Crippen molar-refractivity contribution < 1.29 is 0 Å². The smallest absolute Gasteiger partial charge is 0.0669 e. The van der Waals surface area contributed by atoms with E-state index in [9.17, 15) is 0 Å². The van der Waals surface area contributed by atoms with E-state index in [-0.39, 0.29) is 6.04 Å². The maximum absolute atomic E-state index is 8.58. The Balaban J connectivity index is 3.05. The van der Waals surface area contributed by atoms with Crippen LogP contribution in [0, 0.1) is 11.3 Å². The molecule has 1 unspecified atom stereocenters. The molecule has 0 aliphatic rings. The predicted octanol–water partition coefficient (Wildman–Crippen LogP) is 1.94. The van der Waals surface area contributed by atoms with Crippen LogP contribution in [0.25, 0.3) is 0 Å². The second-order valence-electron chi connectivity index (χ2n) is 2.80. The van der Waals surface area contributed by atoms with Crippen molar-refractivity contribution >= 4 is 0 Å². The Hall–Kier alpha value is -1.59. The van der Waals surface area contributed by atoms with Gasteiger partial charge in [0.2, 0.25) is 0 Å². The Kier molecular flexibility index (Phi) is 3.24. The van der Waals surface area contributed by atoms with Gasteiger partial charge < -0.3 is 5.73 Å². The maximum Gasteiger partial charge on any atom is 0.0669 e. The fourth-order valence-corrected chi connectivity index (χ4v) is 1.23. The average Bonchev–Trinajstić information content (AvgIpc) is 2.18. The number of nitriles is 1. The van der Waals surface area contributed by atoms with Gasteiger partial charge in [0.05, 0.1) is 12.5 Å². The highest BCUT2D eigenvalue weighted by Gasteiger charge is 2.05. The molecule has 66 valence electrons. The van der Waals surface area contributed by atoms with Crippen molar-refractivity contribution in [2.45, 2.75) is 12.5 Å². The molecule has 1 atom stereocenters. The molecule has 2 N–H and O–H groups in total. The maximum atomic E-state index is 8.58. The lowest BCUT2D eigenvalue weighted by atomic mass is 9.99. The standard InChI is InChI=1S/C11H12N2/c1-2-11(13)10-6-4-3-5-9(10)7-8-12/h2-6,11H,1,7,13H2. The zero-order valence-electron chi connectivity index (χ0n) is 7.40. The lowest BCUT2D eigenvalue weighted by Crippen LogP contribution is -2.09. The molecule has 0 fully saturated rings. The zero-order valence-corrected chi connectivity index (χ0v) is 7.40. The van der Waals surface area contributed by atoms with Crippen LogP contribution in [0.15, 0.2) is 36.9 Å². The van der Waals surface area contributed by atoms with Crippen LogP contribution >= 0.6 is 0 Å². The zero-order chi connectivity index (χ0) is 9.68. The molecule has 2 heteroatoms. The van der Waals surface area contributed by atoms with E-state index in [4.69, 9.17) is 11.0 Å². The first-order chi connectivity index (χ1) is 6.29. The molecule has 0 aliphatic carbocycles. The van der Waals surface area contributed by atoms with Gasteiger partial charge in [-0.3, -0.25) is 0 Å². The summed E-state index contributed by atoms with van der Waals surface area (Å²) in [7, 11) is 0. The second kappa shape index (κ2) is 4.44. The molecule has 1 rings (SSSR count). The summed E-state index contributed by atoms with van der Waals surface area (Å²) >= 11 is 0. The summed E-state index contributed by atoms with van der Waals surface area (Å²) < 4.78 is 0. The van der Waals surface area contributed by atoms with Crippen LogP contribution < -0.4 is 5.73 Å². The second-order valence-corrected chi connectivity index (χ2v) is 2.80. The summed E-state index contributed by atoms with van der Waals surface area (Å²) in [4.78, 5) is 0. The van der Waals surface area contributed by atoms with Crippen molar-refractivity contribution in [3.05, 3.63) is 48.0 Å². The number of hydrogen-bond donors (Lipinski definition) is 1. The van der Waals surface area contributed by atoms with Gasteiger partial charge in [0.1, 0.15) is 0 Å². The molecule has 0 bridgehead atoms. The van der Waals surface area contributed by atoms with Crippen molar-refractivity contribution in [2.24, 2.45) is 5.73 Å². The topological polar surface area (TPSA) is 49.8 Å². The van der Waals surface area contributed by atoms with E-state index in [1.165, 1.54) is 0 Å². The largest absolute Gasteiger partial charge is 0.321 e. The molecule has 0 aliphatic heterocycles. The lowest BCUT2D eigenvalue weighted by Gasteiger charge is -2.10. The number of hydrogen-bond acceptors (Lipinski definition) is 2. The highest BCUT2D eigenvalue weighted by molar-refractivity contribution is 5.33. The summed E-state index contributed by atoms with van der Waals surface area (Å²) in [5, 5.41) is 8.58. The Morgan fingerprint density at radius 1 is 1.54 bits per heavy atom. The monoisotopic (exact) mass is 172 g/mol.